The fourth-order valence-electron chi connectivity index (χ4n) is 2.92. The quantitative estimate of drug-likeness (QED) is 0.638. The molecule has 0 atom stereocenters. The summed E-state index contributed by atoms with van der Waals surface area (Å²) in [6.07, 6.45) is 0. The number of carboxylic acids is 1. The highest BCUT2D eigenvalue weighted by molar-refractivity contribution is 9.10. The highest BCUT2D eigenvalue weighted by atomic mass is 79.9. The fraction of sp³-hybridized carbons (Fsp3) is 0.312. The number of nitrogens with zero attached hydrogens (tertiary/aromatic N) is 7. The van der Waals surface area contributed by atoms with Gasteiger partial charge in [0.15, 0.2) is 12.4 Å². The summed E-state index contributed by atoms with van der Waals surface area (Å²) in [6, 6.07) is 9.99. The molecule has 1 saturated heterocycles. The lowest BCUT2D eigenvalue weighted by Gasteiger charge is -2.36. The number of aromatic nitrogens is 5. The largest absolute Gasteiger partial charge is 0.480 e. The molecule has 4 rings (SSSR count). The zero-order valence-corrected chi connectivity index (χ0v) is 15.8. The SMILES string of the molecule is O=C(O)Cn1nnc(-c2cc(N3CCN(c4cccc(Br)c4)CC3)no2)n1. The Balaban J connectivity index is 1.41. The molecule has 0 unspecified atom stereocenters. The molecule has 2 aromatic heterocycles. The molecule has 0 saturated carbocycles. The summed E-state index contributed by atoms with van der Waals surface area (Å²) in [4.78, 5) is 16.1. The van der Waals surface area contributed by atoms with Gasteiger partial charge in [-0.15, -0.1) is 10.2 Å². The first-order valence-corrected chi connectivity index (χ1v) is 9.10. The lowest BCUT2D eigenvalue weighted by Crippen LogP contribution is -2.46. The second-order valence-corrected chi connectivity index (χ2v) is 6.96. The number of hydrogen-bond acceptors (Lipinski definition) is 8. The number of rotatable bonds is 5. The second-order valence-electron chi connectivity index (χ2n) is 6.04. The molecule has 1 aromatic carbocycles. The van der Waals surface area contributed by atoms with Gasteiger partial charge in [-0.05, 0) is 23.4 Å². The maximum absolute atomic E-state index is 10.7. The highest BCUT2D eigenvalue weighted by Crippen LogP contribution is 2.25. The van der Waals surface area contributed by atoms with Gasteiger partial charge in [0.2, 0.25) is 11.6 Å². The average Bonchev–Trinajstić information content (AvgIpc) is 3.31. The Hall–Kier alpha value is -2.95. The van der Waals surface area contributed by atoms with Gasteiger partial charge < -0.3 is 19.4 Å². The Morgan fingerprint density at radius 1 is 1.19 bits per heavy atom. The predicted molar refractivity (Wildman–Crippen MR) is 99.5 cm³/mol. The van der Waals surface area contributed by atoms with Gasteiger partial charge in [-0.25, -0.2) is 0 Å². The molecule has 10 nitrogen and oxygen atoms in total. The summed E-state index contributed by atoms with van der Waals surface area (Å²) in [7, 11) is 0. The number of benzene rings is 1. The third kappa shape index (κ3) is 3.92. The van der Waals surface area contributed by atoms with E-state index in [0.717, 1.165) is 35.4 Å². The van der Waals surface area contributed by atoms with Crippen molar-refractivity contribution in [3.63, 3.8) is 0 Å². The summed E-state index contributed by atoms with van der Waals surface area (Å²) < 4.78 is 6.37. The van der Waals surface area contributed by atoms with Crippen LogP contribution in [0.4, 0.5) is 11.5 Å². The van der Waals surface area contributed by atoms with Crippen LogP contribution in [0, 0.1) is 0 Å². The molecule has 0 bridgehead atoms. The second kappa shape index (κ2) is 7.35. The van der Waals surface area contributed by atoms with Crippen molar-refractivity contribution in [2.24, 2.45) is 0 Å². The molecule has 27 heavy (non-hydrogen) atoms. The molecule has 1 fully saturated rings. The number of carbonyl (C=O) groups is 1. The molecule has 0 radical (unpaired) electrons. The van der Waals surface area contributed by atoms with E-state index in [4.69, 9.17) is 9.63 Å². The van der Waals surface area contributed by atoms with Crippen molar-refractivity contribution in [2.75, 3.05) is 36.0 Å². The molecule has 3 heterocycles. The molecule has 140 valence electrons. The Kier molecular flexibility index (Phi) is 4.75. The van der Waals surface area contributed by atoms with E-state index in [1.807, 2.05) is 12.1 Å². The zero-order valence-electron chi connectivity index (χ0n) is 14.2. The van der Waals surface area contributed by atoms with Crippen LogP contribution in [0.2, 0.25) is 0 Å². The summed E-state index contributed by atoms with van der Waals surface area (Å²) in [5, 5.41) is 24.3. The lowest BCUT2D eigenvalue weighted by molar-refractivity contribution is -0.138. The summed E-state index contributed by atoms with van der Waals surface area (Å²) in [5.41, 5.74) is 1.18. The maximum Gasteiger partial charge on any atom is 0.327 e. The minimum absolute atomic E-state index is 0.211. The standard InChI is InChI=1S/C16H16BrN7O3/c17-11-2-1-3-12(8-11)22-4-6-23(7-5-22)14-9-13(27-20-14)16-18-21-24(19-16)10-15(25)26/h1-3,8-9H,4-7,10H2,(H,25,26). The zero-order chi connectivity index (χ0) is 18.8. The Morgan fingerprint density at radius 3 is 2.70 bits per heavy atom. The van der Waals surface area contributed by atoms with E-state index >= 15 is 0 Å². The van der Waals surface area contributed by atoms with Crippen molar-refractivity contribution in [3.8, 4) is 11.6 Å². The first-order chi connectivity index (χ1) is 13.1. The van der Waals surface area contributed by atoms with Crippen molar-refractivity contribution in [3.05, 3.63) is 34.8 Å². The van der Waals surface area contributed by atoms with Crippen LogP contribution in [0.25, 0.3) is 11.6 Å². The van der Waals surface area contributed by atoms with Crippen LogP contribution in [-0.2, 0) is 11.3 Å². The number of hydrogen-bond donors (Lipinski definition) is 1. The van der Waals surface area contributed by atoms with Crippen molar-refractivity contribution >= 4 is 33.4 Å². The minimum atomic E-state index is -1.04. The van der Waals surface area contributed by atoms with E-state index in [2.05, 4.69) is 58.4 Å². The molecule has 1 N–H and O–H groups in total. The Morgan fingerprint density at radius 2 is 1.96 bits per heavy atom. The predicted octanol–water partition coefficient (Wildman–Crippen LogP) is 1.50. The van der Waals surface area contributed by atoms with Crippen LogP contribution in [0.15, 0.2) is 39.3 Å². The van der Waals surface area contributed by atoms with Crippen molar-refractivity contribution in [2.45, 2.75) is 6.54 Å². The first kappa shape index (κ1) is 17.5. The van der Waals surface area contributed by atoms with E-state index in [9.17, 15) is 4.79 Å². The fourth-order valence-corrected chi connectivity index (χ4v) is 3.30. The van der Waals surface area contributed by atoms with Gasteiger partial charge in [-0.1, -0.05) is 27.2 Å². The van der Waals surface area contributed by atoms with Crippen LogP contribution >= 0.6 is 15.9 Å². The third-order valence-electron chi connectivity index (χ3n) is 4.22. The maximum atomic E-state index is 10.7. The number of piperazine rings is 1. The van der Waals surface area contributed by atoms with Gasteiger partial charge in [0, 0.05) is 42.4 Å². The smallest absolute Gasteiger partial charge is 0.327 e. The van der Waals surface area contributed by atoms with E-state index in [0.29, 0.717) is 11.6 Å². The van der Waals surface area contributed by atoms with Gasteiger partial charge in [-0.3, -0.25) is 4.79 Å². The van der Waals surface area contributed by atoms with Gasteiger partial charge in [0.1, 0.15) is 0 Å². The molecule has 3 aromatic rings. The van der Waals surface area contributed by atoms with E-state index in [1.165, 1.54) is 5.69 Å². The summed E-state index contributed by atoms with van der Waals surface area (Å²) in [6.45, 7) is 2.98. The molecule has 0 spiro atoms. The average molecular weight is 434 g/mol. The lowest BCUT2D eigenvalue weighted by atomic mass is 10.2. The molecule has 0 aliphatic carbocycles. The van der Waals surface area contributed by atoms with E-state index in [1.54, 1.807) is 6.07 Å². The normalized spacial score (nSPS) is 14.6. The van der Waals surface area contributed by atoms with Crippen molar-refractivity contribution < 1.29 is 14.4 Å². The van der Waals surface area contributed by atoms with E-state index < -0.39 is 5.97 Å². The summed E-state index contributed by atoms with van der Waals surface area (Å²) >= 11 is 3.51. The Bertz CT molecular complexity index is 949. The summed E-state index contributed by atoms with van der Waals surface area (Å²) in [5.74, 6) is 0.229. The third-order valence-corrected chi connectivity index (χ3v) is 4.72. The monoisotopic (exact) mass is 433 g/mol. The number of aliphatic carboxylic acids is 1. The number of tetrazole rings is 1. The van der Waals surface area contributed by atoms with Crippen LogP contribution in [0.3, 0.4) is 0 Å². The van der Waals surface area contributed by atoms with Crippen LogP contribution in [0.1, 0.15) is 0 Å². The van der Waals surface area contributed by atoms with Gasteiger partial charge in [0.05, 0.1) is 0 Å². The first-order valence-electron chi connectivity index (χ1n) is 8.30. The highest BCUT2D eigenvalue weighted by Gasteiger charge is 2.22. The van der Waals surface area contributed by atoms with Gasteiger partial charge in [0.25, 0.3) is 0 Å². The van der Waals surface area contributed by atoms with Crippen molar-refractivity contribution in [1.82, 2.24) is 25.4 Å². The van der Waals surface area contributed by atoms with Gasteiger partial charge in [-0.2, -0.15) is 4.80 Å². The molecular weight excluding hydrogens is 418 g/mol. The minimum Gasteiger partial charge on any atom is -0.480 e. The molecular formula is C16H16BrN7O3. The number of halogens is 1. The topological polar surface area (TPSA) is 113 Å². The van der Waals surface area contributed by atoms with E-state index in [-0.39, 0.29) is 12.4 Å². The van der Waals surface area contributed by atoms with Crippen LogP contribution in [0.5, 0.6) is 0 Å². The van der Waals surface area contributed by atoms with Crippen molar-refractivity contribution in [1.29, 1.82) is 0 Å². The molecule has 0 amide bonds. The van der Waals surface area contributed by atoms with Crippen LogP contribution < -0.4 is 9.80 Å². The number of carboxylic acid groups (broad SMARTS) is 1. The molecule has 1 aliphatic rings. The Labute approximate surface area is 162 Å². The van der Waals surface area contributed by atoms with Crippen LogP contribution in [-0.4, -0.2) is 62.6 Å². The number of anilines is 2. The molecule has 1 aliphatic heterocycles. The molecule has 11 heteroatoms. The van der Waals surface area contributed by atoms with Gasteiger partial charge >= 0.3 is 5.97 Å².